The van der Waals surface area contributed by atoms with Gasteiger partial charge in [0, 0.05) is 42.6 Å². The largest absolute Gasteiger partial charge is 0.371 e. The van der Waals surface area contributed by atoms with E-state index >= 15 is 0 Å². The Kier molecular flexibility index (Phi) is 9.45. The Morgan fingerprint density at radius 3 is 2.12 bits per heavy atom. The normalized spacial score (nSPS) is 14.3. The molecule has 0 aromatic heterocycles. The van der Waals surface area contributed by atoms with Crippen LogP contribution in [-0.2, 0) is 4.79 Å². The van der Waals surface area contributed by atoms with Crippen LogP contribution in [0.4, 0.5) is 11.4 Å². The molecule has 0 spiro atoms. The molecule has 1 saturated heterocycles. The van der Waals surface area contributed by atoms with Crippen LogP contribution in [0, 0.1) is 0 Å². The summed E-state index contributed by atoms with van der Waals surface area (Å²) in [6.07, 6.45) is 2.80. The first-order valence-electron chi connectivity index (χ1n) is 14.5. The molecule has 0 bridgehead atoms. The van der Waals surface area contributed by atoms with Crippen LogP contribution < -0.4 is 20.9 Å². The number of piperidine rings is 1. The Morgan fingerprint density at radius 2 is 1.44 bits per heavy atom. The molecular weight excluding hydrogens is 508 g/mol. The number of rotatable bonds is 10. The van der Waals surface area contributed by atoms with Crippen molar-refractivity contribution < 1.29 is 9.59 Å². The maximum Gasteiger partial charge on any atom is 0.256 e. The van der Waals surface area contributed by atoms with Gasteiger partial charge in [-0.3, -0.25) is 14.9 Å². The highest BCUT2D eigenvalue weighted by atomic mass is 16.2. The Labute approximate surface area is 242 Å². The van der Waals surface area contributed by atoms with E-state index in [0.717, 1.165) is 60.4 Å². The van der Waals surface area contributed by atoms with Gasteiger partial charge in [-0.1, -0.05) is 85.8 Å². The maximum atomic E-state index is 13.2. The third kappa shape index (κ3) is 7.21. The molecule has 210 valence electrons. The summed E-state index contributed by atoms with van der Waals surface area (Å²) in [5, 5.41) is 9.75. The second-order valence-corrected chi connectivity index (χ2v) is 10.5. The van der Waals surface area contributed by atoms with Crippen molar-refractivity contribution in [1.29, 1.82) is 0 Å². The number of nitrogens with one attached hydrogen (secondary N) is 3. The van der Waals surface area contributed by atoms with Gasteiger partial charge in [0.25, 0.3) is 5.91 Å². The first kappa shape index (κ1) is 28.1. The van der Waals surface area contributed by atoms with Crippen molar-refractivity contribution in [3.8, 4) is 11.1 Å². The first-order valence-corrected chi connectivity index (χ1v) is 14.5. The summed E-state index contributed by atoms with van der Waals surface area (Å²) < 4.78 is 0. The van der Waals surface area contributed by atoms with Gasteiger partial charge in [-0.15, -0.1) is 0 Å². The van der Waals surface area contributed by atoms with Crippen molar-refractivity contribution in [3.63, 3.8) is 0 Å². The molecule has 6 nitrogen and oxygen atoms in total. The summed E-state index contributed by atoms with van der Waals surface area (Å²) in [6, 6.07) is 35.6. The highest BCUT2D eigenvalue weighted by Crippen LogP contribution is 2.26. The van der Waals surface area contributed by atoms with Crippen LogP contribution in [0.25, 0.3) is 11.1 Å². The lowest BCUT2D eigenvalue weighted by molar-refractivity contribution is -0.123. The van der Waals surface area contributed by atoms with Gasteiger partial charge >= 0.3 is 0 Å². The van der Waals surface area contributed by atoms with Crippen LogP contribution in [0.2, 0.25) is 0 Å². The first-order chi connectivity index (χ1) is 20.1. The fourth-order valence-electron chi connectivity index (χ4n) is 5.36. The highest BCUT2D eigenvalue weighted by Gasteiger charge is 2.26. The van der Waals surface area contributed by atoms with E-state index in [1.165, 1.54) is 0 Å². The number of hydrogen-bond acceptors (Lipinski definition) is 4. The number of carbonyl (C=O) groups excluding carboxylic acids is 2. The van der Waals surface area contributed by atoms with E-state index < -0.39 is 0 Å². The molecule has 1 aliphatic heterocycles. The molecule has 5 rings (SSSR count). The van der Waals surface area contributed by atoms with Gasteiger partial charge in [0.1, 0.15) is 6.04 Å². The third-order valence-corrected chi connectivity index (χ3v) is 7.59. The van der Waals surface area contributed by atoms with Crippen LogP contribution in [0.1, 0.15) is 48.1 Å². The van der Waals surface area contributed by atoms with Gasteiger partial charge in [-0.2, -0.15) is 0 Å². The van der Waals surface area contributed by atoms with Crippen molar-refractivity contribution in [2.45, 2.75) is 38.3 Å². The molecule has 0 radical (unpaired) electrons. The molecule has 4 aromatic rings. The molecule has 3 N–H and O–H groups in total. The molecule has 0 aliphatic carbocycles. The minimum absolute atomic E-state index is 0.0320. The van der Waals surface area contributed by atoms with E-state index in [1.807, 2.05) is 97.1 Å². The quantitative estimate of drug-likeness (QED) is 0.214. The molecule has 1 heterocycles. The predicted molar refractivity (Wildman–Crippen MR) is 167 cm³/mol. The number of amides is 2. The zero-order valence-corrected chi connectivity index (χ0v) is 23.6. The standard InChI is InChI=1S/C35H38N4O2/c1-2-23-36-35(41)33(27-13-7-4-8-14-27)37-29-21-24-39(25-22-29)30-19-17-28(18-20-30)38-34(40)32-16-10-9-15-31(32)26-11-5-3-6-12-26/h3-20,29,33,37H,2,21-25H2,1H3,(H,36,41)(H,38,40). The van der Waals surface area contributed by atoms with Crippen molar-refractivity contribution in [3.05, 3.63) is 120 Å². The van der Waals surface area contributed by atoms with Gasteiger partial charge in [0.05, 0.1) is 0 Å². The van der Waals surface area contributed by atoms with Crippen LogP contribution in [-0.4, -0.2) is 37.5 Å². The molecule has 41 heavy (non-hydrogen) atoms. The van der Waals surface area contributed by atoms with Crippen molar-refractivity contribution >= 4 is 23.2 Å². The predicted octanol–water partition coefficient (Wildman–Crippen LogP) is 6.43. The SMILES string of the molecule is CCCNC(=O)C(NC1CCN(c2ccc(NC(=O)c3ccccc3-c3ccccc3)cc2)CC1)c1ccccc1. The Morgan fingerprint density at radius 1 is 0.805 bits per heavy atom. The number of hydrogen-bond donors (Lipinski definition) is 3. The second-order valence-electron chi connectivity index (χ2n) is 10.5. The minimum Gasteiger partial charge on any atom is -0.371 e. The summed E-state index contributed by atoms with van der Waals surface area (Å²) >= 11 is 0. The fraction of sp³-hybridized carbons (Fsp3) is 0.257. The number of nitrogens with zero attached hydrogens (tertiary/aromatic N) is 1. The average Bonchev–Trinajstić information content (AvgIpc) is 3.04. The van der Waals surface area contributed by atoms with E-state index in [4.69, 9.17) is 0 Å². The molecule has 0 saturated carbocycles. The van der Waals surface area contributed by atoms with Crippen molar-refractivity contribution in [1.82, 2.24) is 10.6 Å². The van der Waals surface area contributed by atoms with Gasteiger partial charge < -0.3 is 15.5 Å². The van der Waals surface area contributed by atoms with Crippen LogP contribution in [0.15, 0.2) is 109 Å². The van der Waals surface area contributed by atoms with E-state index in [9.17, 15) is 9.59 Å². The van der Waals surface area contributed by atoms with Crippen LogP contribution >= 0.6 is 0 Å². The zero-order valence-electron chi connectivity index (χ0n) is 23.6. The van der Waals surface area contributed by atoms with Gasteiger partial charge in [0.2, 0.25) is 5.91 Å². The smallest absolute Gasteiger partial charge is 0.256 e. The number of carbonyl (C=O) groups is 2. The van der Waals surface area contributed by atoms with Crippen LogP contribution in [0.5, 0.6) is 0 Å². The lowest BCUT2D eigenvalue weighted by Crippen LogP contribution is -2.47. The van der Waals surface area contributed by atoms with E-state index in [2.05, 4.69) is 39.9 Å². The van der Waals surface area contributed by atoms with Gasteiger partial charge in [-0.25, -0.2) is 0 Å². The molecule has 1 atom stereocenters. The lowest BCUT2D eigenvalue weighted by atomic mass is 9.99. The Balaban J connectivity index is 1.18. The highest BCUT2D eigenvalue weighted by molar-refractivity contribution is 6.08. The summed E-state index contributed by atoms with van der Waals surface area (Å²) in [6.45, 7) is 4.53. The van der Waals surface area contributed by atoms with Gasteiger partial charge in [-0.05, 0) is 66.3 Å². The monoisotopic (exact) mass is 546 g/mol. The second kappa shape index (κ2) is 13.8. The molecule has 6 heteroatoms. The summed E-state index contributed by atoms with van der Waals surface area (Å²) in [5.74, 6) is -0.0930. The summed E-state index contributed by atoms with van der Waals surface area (Å²) in [7, 11) is 0. The maximum absolute atomic E-state index is 13.2. The summed E-state index contributed by atoms with van der Waals surface area (Å²) in [5.41, 5.74) is 5.47. The van der Waals surface area contributed by atoms with Crippen molar-refractivity contribution in [2.24, 2.45) is 0 Å². The topological polar surface area (TPSA) is 73.5 Å². The molecule has 1 unspecified atom stereocenters. The molecule has 1 fully saturated rings. The van der Waals surface area contributed by atoms with E-state index in [0.29, 0.717) is 12.1 Å². The number of benzene rings is 4. The van der Waals surface area contributed by atoms with Gasteiger partial charge in [0.15, 0.2) is 0 Å². The van der Waals surface area contributed by atoms with Crippen LogP contribution in [0.3, 0.4) is 0 Å². The third-order valence-electron chi connectivity index (χ3n) is 7.59. The Bertz CT molecular complexity index is 1420. The molecule has 2 amide bonds. The zero-order chi connectivity index (χ0) is 28.4. The van der Waals surface area contributed by atoms with E-state index in [1.54, 1.807) is 0 Å². The average molecular weight is 547 g/mol. The van der Waals surface area contributed by atoms with E-state index in [-0.39, 0.29) is 23.9 Å². The molecule has 1 aliphatic rings. The lowest BCUT2D eigenvalue weighted by Gasteiger charge is -2.35. The summed E-state index contributed by atoms with van der Waals surface area (Å²) in [4.78, 5) is 28.5. The van der Waals surface area contributed by atoms with Crippen molar-refractivity contribution in [2.75, 3.05) is 29.9 Å². The molecular formula is C35H38N4O2. The molecule has 4 aromatic carbocycles. The Hall–Kier alpha value is -4.42. The minimum atomic E-state index is -0.353. The fourth-order valence-corrected chi connectivity index (χ4v) is 5.36. The number of anilines is 2.